The number of aromatic nitrogens is 3. The first-order valence-corrected chi connectivity index (χ1v) is 5.97. The normalized spacial score (nSPS) is 10.4. The molecule has 0 aliphatic heterocycles. The zero-order valence-electron chi connectivity index (χ0n) is 10.8. The molecule has 0 saturated carbocycles. The predicted octanol–water partition coefficient (Wildman–Crippen LogP) is 1.97. The van der Waals surface area contributed by atoms with Crippen LogP contribution in [0.5, 0.6) is 0 Å². The number of nitrogens with zero attached hydrogens (tertiary/aromatic N) is 4. The minimum Gasteiger partial charge on any atom is -0.370 e. The van der Waals surface area contributed by atoms with E-state index in [-0.39, 0.29) is 5.82 Å². The number of aryl methyl sites for hydroxylation is 1. The summed E-state index contributed by atoms with van der Waals surface area (Å²) >= 11 is 0. The van der Waals surface area contributed by atoms with Gasteiger partial charge in [-0.3, -0.25) is 0 Å². The molecule has 0 aliphatic rings. The molecule has 2 heterocycles. The SMILES string of the molecule is CCNc1ccc(Cn2cc(C)c([N+](=O)[O-])n2)cn1. The second kappa shape index (κ2) is 5.47. The highest BCUT2D eigenvalue weighted by Crippen LogP contribution is 2.15. The van der Waals surface area contributed by atoms with E-state index < -0.39 is 4.92 Å². The average molecular weight is 261 g/mol. The van der Waals surface area contributed by atoms with Gasteiger partial charge in [0.25, 0.3) is 0 Å². The molecule has 0 radical (unpaired) electrons. The maximum absolute atomic E-state index is 10.7. The van der Waals surface area contributed by atoms with Gasteiger partial charge in [0.05, 0.1) is 23.4 Å². The molecule has 7 heteroatoms. The molecule has 1 N–H and O–H groups in total. The lowest BCUT2D eigenvalue weighted by atomic mass is 10.3. The molecule has 19 heavy (non-hydrogen) atoms. The molecule has 0 spiro atoms. The molecule has 0 aliphatic carbocycles. The highest BCUT2D eigenvalue weighted by atomic mass is 16.6. The Bertz CT molecular complexity index is 576. The smallest absolute Gasteiger partial charge is 0.370 e. The van der Waals surface area contributed by atoms with Crippen molar-refractivity contribution in [1.29, 1.82) is 0 Å². The number of rotatable bonds is 5. The van der Waals surface area contributed by atoms with Crippen LogP contribution in [0.2, 0.25) is 0 Å². The van der Waals surface area contributed by atoms with Gasteiger partial charge in [-0.25, -0.2) is 4.98 Å². The Morgan fingerprint density at radius 2 is 2.26 bits per heavy atom. The van der Waals surface area contributed by atoms with Gasteiger partial charge >= 0.3 is 5.82 Å². The fourth-order valence-electron chi connectivity index (χ4n) is 1.76. The third-order valence-electron chi connectivity index (χ3n) is 2.62. The summed E-state index contributed by atoms with van der Waals surface area (Å²) < 4.78 is 1.55. The van der Waals surface area contributed by atoms with Crippen LogP contribution in [0.3, 0.4) is 0 Å². The van der Waals surface area contributed by atoms with E-state index >= 15 is 0 Å². The van der Waals surface area contributed by atoms with Crippen molar-refractivity contribution in [3.05, 3.63) is 45.8 Å². The Hall–Kier alpha value is -2.44. The Balaban J connectivity index is 2.12. The van der Waals surface area contributed by atoms with Crippen LogP contribution < -0.4 is 5.32 Å². The van der Waals surface area contributed by atoms with Gasteiger partial charge in [0.1, 0.15) is 5.82 Å². The first-order valence-electron chi connectivity index (χ1n) is 5.97. The summed E-state index contributed by atoms with van der Waals surface area (Å²) in [5.41, 5.74) is 1.50. The minimum absolute atomic E-state index is 0.0998. The quantitative estimate of drug-likeness (QED) is 0.657. The van der Waals surface area contributed by atoms with Gasteiger partial charge < -0.3 is 15.4 Å². The van der Waals surface area contributed by atoms with Crippen LogP contribution in [0.4, 0.5) is 11.6 Å². The molecular weight excluding hydrogens is 246 g/mol. The number of anilines is 1. The number of hydrogen-bond donors (Lipinski definition) is 1. The van der Waals surface area contributed by atoms with Crippen molar-refractivity contribution in [2.24, 2.45) is 0 Å². The van der Waals surface area contributed by atoms with Gasteiger partial charge in [0, 0.05) is 12.7 Å². The van der Waals surface area contributed by atoms with Crippen molar-refractivity contribution in [3.8, 4) is 0 Å². The van der Waals surface area contributed by atoms with Crippen LogP contribution in [-0.2, 0) is 6.54 Å². The van der Waals surface area contributed by atoms with Gasteiger partial charge in [-0.1, -0.05) is 6.07 Å². The molecule has 2 rings (SSSR count). The third-order valence-corrected chi connectivity index (χ3v) is 2.62. The van der Waals surface area contributed by atoms with E-state index in [1.54, 1.807) is 24.0 Å². The topological polar surface area (TPSA) is 85.9 Å². The fraction of sp³-hybridized carbons (Fsp3) is 0.333. The van der Waals surface area contributed by atoms with E-state index in [1.807, 2.05) is 19.1 Å². The zero-order valence-corrected chi connectivity index (χ0v) is 10.8. The zero-order chi connectivity index (χ0) is 13.8. The molecule has 0 aromatic carbocycles. The van der Waals surface area contributed by atoms with E-state index in [2.05, 4.69) is 15.4 Å². The number of hydrogen-bond acceptors (Lipinski definition) is 5. The highest BCUT2D eigenvalue weighted by Gasteiger charge is 2.16. The summed E-state index contributed by atoms with van der Waals surface area (Å²) in [4.78, 5) is 14.5. The van der Waals surface area contributed by atoms with Gasteiger partial charge in [-0.2, -0.15) is 4.68 Å². The van der Waals surface area contributed by atoms with E-state index in [1.165, 1.54) is 0 Å². The summed E-state index contributed by atoms with van der Waals surface area (Å²) in [7, 11) is 0. The van der Waals surface area contributed by atoms with Crippen LogP contribution in [0, 0.1) is 17.0 Å². The Morgan fingerprint density at radius 1 is 1.47 bits per heavy atom. The van der Waals surface area contributed by atoms with Crippen LogP contribution in [0.15, 0.2) is 24.5 Å². The van der Waals surface area contributed by atoms with Crippen molar-refractivity contribution in [3.63, 3.8) is 0 Å². The van der Waals surface area contributed by atoms with Crippen LogP contribution >= 0.6 is 0 Å². The monoisotopic (exact) mass is 261 g/mol. The predicted molar refractivity (Wildman–Crippen MR) is 71.1 cm³/mol. The van der Waals surface area contributed by atoms with E-state index in [4.69, 9.17) is 0 Å². The molecule has 0 saturated heterocycles. The summed E-state index contributed by atoms with van der Waals surface area (Å²) in [6.07, 6.45) is 3.40. The molecule has 0 bridgehead atoms. The Morgan fingerprint density at radius 3 is 2.79 bits per heavy atom. The lowest BCUT2D eigenvalue weighted by Crippen LogP contribution is -2.03. The molecule has 2 aromatic heterocycles. The molecule has 0 atom stereocenters. The lowest BCUT2D eigenvalue weighted by molar-refractivity contribution is -0.390. The second-order valence-corrected chi connectivity index (χ2v) is 4.17. The fourth-order valence-corrected chi connectivity index (χ4v) is 1.76. The second-order valence-electron chi connectivity index (χ2n) is 4.17. The first-order chi connectivity index (χ1) is 9.10. The maximum Gasteiger partial charge on any atom is 0.392 e. The average Bonchev–Trinajstić information content (AvgIpc) is 2.73. The van der Waals surface area contributed by atoms with Gasteiger partial charge in [0.2, 0.25) is 0 Å². The number of nitrogens with one attached hydrogen (secondary N) is 1. The summed E-state index contributed by atoms with van der Waals surface area (Å²) in [5.74, 6) is 0.714. The molecule has 0 unspecified atom stereocenters. The van der Waals surface area contributed by atoms with Gasteiger partial charge in [0.15, 0.2) is 0 Å². The summed E-state index contributed by atoms with van der Waals surface area (Å²) in [6.45, 7) is 4.96. The summed E-state index contributed by atoms with van der Waals surface area (Å²) in [6, 6.07) is 3.80. The molecule has 100 valence electrons. The van der Waals surface area contributed by atoms with Crippen LogP contribution in [0.25, 0.3) is 0 Å². The first kappa shape index (κ1) is 13.0. The maximum atomic E-state index is 10.7. The van der Waals surface area contributed by atoms with Crippen LogP contribution in [-0.4, -0.2) is 26.2 Å². The Labute approximate surface area is 110 Å². The van der Waals surface area contributed by atoms with E-state index in [0.717, 1.165) is 17.9 Å². The summed E-state index contributed by atoms with van der Waals surface area (Å²) in [5, 5.41) is 17.8. The van der Waals surface area contributed by atoms with E-state index in [0.29, 0.717) is 12.1 Å². The number of pyridine rings is 1. The minimum atomic E-state index is -0.474. The van der Waals surface area contributed by atoms with Crippen LogP contribution in [0.1, 0.15) is 18.1 Å². The molecule has 0 amide bonds. The van der Waals surface area contributed by atoms with Gasteiger partial charge in [-0.15, -0.1) is 0 Å². The molecule has 2 aromatic rings. The van der Waals surface area contributed by atoms with Crippen molar-refractivity contribution in [2.75, 3.05) is 11.9 Å². The highest BCUT2D eigenvalue weighted by molar-refractivity contribution is 5.35. The third kappa shape index (κ3) is 3.06. The largest absolute Gasteiger partial charge is 0.392 e. The van der Waals surface area contributed by atoms with Crippen molar-refractivity contribution >= 4 is 11.6 Å². The molecule has 7 nitrogen and oxygen atoms in total. The van der Waals surface area contributed by atoms with Crippen molar-refractivity contribution < 1.29 is 4.92 Å². The lowest BCUT2D eigenvalue weighted by Gasteiger charge is -2.03. The van der Waals surface area contributed by atoms with Gasteiger partial charge in [-0.05, 0) is 30.4 Å². The number of nitro groups is 1. The molecular formula is C12H15N5O2. The Kier molecular flexibility index (Phi) is 3.74. The van der Waals surface area contributed by atoms with Crippen molar-refractivity contribution in [1.82, 2.24) is 14.8 Å². The van der Waals surface area contributed by atoms with Crippen molar-refractivity contribution in [2.45, 2.75) is 20.4 Å². The van der Waals surface area contributed by atoms with E-state index in [9.17, 15) is 10.1 Å². The standard InChI is InChI=1S/C12H15N5O2/c1-3-13-11-5-4-10(6-14-11)8-16-7-9(2)12(15-16)17(18)19/h4-7H,3,8H2,1-2H3,(H,13,14). The molecule has 0 fully saturated rings.